The minimum atomic E-state index is -0.724. The number of amides is 1. The molecule has 1 amide bonds. The third-order valence-corrected chi connectivity index (χ3v) is 5.56. The summed E-state index contributed by atoms with van der Waals surface area (Å²) in [6, 6.07) is 17.3. The van der Waals surface area contributed by atoms with E-state index in [9.17, 15) is 4.79 Å². The first-order valence-electron chi connectivity index (χ1n) is 10.7. The summed E-state index contributed by atoms with van der Waals surface area (Å²) in [4.78, 5) is 17.3. The van der Waals surface area contributed by atoms with E-state index in [1.54, 1.807) is 11.6 Å². The minimum absolute atomic E-state index is 0.218. The first-order chi connectivity index (χ1) is 16.0. The van der Waals surface area contributed by atoms with Gasteiger partial charge in [-0.15, -0.1) is 0 Å². The van der Waals surface area contributed by atoms with Gasteiger partial charge >= 0.3 is 0 Å². The highest BCUT2D eigenvalue weighted by Crippen LogP contribution is 2.32. The fourth-order valence-electron chi connectivity index (χ4n) is 3.90. The molecule has 0 spiro atoms. The van der Waals surface area contributed by atoms with Crippen molar-refractivity contribution in [2.75, 3.05) is 6.79 Å². The Hall–Kier alpha value is -4.07. The number of nitrogens with zero attached hydrogens (tertiary/aromatic N) is 3. The zero-order valence-electron chi connectivity index (χ0n) is 18.7. The average Bonchev–Trinajstić information content (AvgIpc) is 3.42. The van der Waals surface area contributed by atoms with Crippen LogP contribution < -0.4 is 19.5 Å². The van der Waals surface area contributed by atoms with Gasteiger partial charge in [-0.2, -0.15) is 10.1 Å². The molecule has 0 fully saturated rings. The van der Waals surface area contributed by atoms with E-state index in [0.29, 0.717) is 29.6 Å². The first kappa shape index (κ1) is 20.8. The summed E-state index contributed by atoms with van der Waals surface area (Å²) in [7, 11) is 0. The van der Waals surface area contributed by atoms with Crippen LogP contribution in [0.15, 0.2) is 54.6 Å². The molecule has 8 heteroatoms. The normalized spacial score (nSPS) is 13.2. The summed E-state index contributed by atoms with van der Waals surface area (Å²) >= 11 is 0. The molecule has 2 aromatic carbocycles. The SMILES string of the molecule is Cc1cc(O[C@@H](C)C(=O)NCc2ccc3c(c2)OCO3)nc2c1c(C)nn2-c1ccccc1. The molecule has 0 saturated heterocycles. The molecule has 2 aromatic heterocycles. The maximum Gasteiger partial charge on any atom is 0.261 e. The van der Waals surface area contributed by atoms with Crippen molar-refractivity contribution in [2.24, 2.45) is 0 Å². The molecular formula is C25H24N4O4. The Morgan fingerprint density at radius 1 is 1.12 bits per heavy atom. The fraction of sp³-hybridized carbons (Fsp3) is 0.240. The second-order valence-corrected chi connectivity index (χ2v) is 7.97. The van der Waals surface area contributed by atoms with Gasteiger partial charge in [0, 0.05) is 18.0 Å². The van der Waals surface area contributed by atoms with E-state index in [-0.39, 0.29) is 12.7 Å². The summed E-state index contributed by atoms with van der Waals surface area (Å²) < 4.78 is 18.4. The van der Waals surface area contributed by atoms with Gasteiger partial charge in [-0.25, -0.2) is 4.68 Å². The van der Waals surface area contributed by atoms with Crippen molar-refractivity contribution in [1.82, 2.24) is 20.1 Å². The van der Waals surface area contributed by atoms with Crippen LogP contribution in [-0.4, -0.2) is 33.6 Å². The highest BCUT2D eigenvalue weighted by molar-refractivity contribution is 5.84. The van der Waals surface area contributed by atoms with Gasteiger partial charge in [-0.3, -0.25) is 4.79 Å². The number of carbonyl (C=O) groups is 1. The van der Waals surface area contributed by atoms with Crippen LogP contribution in [0, 0.1) is 13.8 Å². The maximum absolute atomic E-state index is 12.7. The number of rotatable bonds is 6. The van der Waals surface area contributed by atoms with Crippen molar-refractivity contribution in [3.05, 3.63) is 71.4 Å². The van der Waals surface area contributed by atoms with E-state index in [1.165, 1.54) is 0 Å². The number of para-hydroxylation sites is 1. The van der Waals surface area contributed by atoms with Gasteiger partial charge in [-0.1, -0.05) is 24.3 Å². The van der Waals surface area contributed by atoms with Crippen molar-refractivity contribution in [2.45, 2.75) is 33.4 Å². The third kappa shape index (κ3) is 4.07. The highest BCUT2D eigenvalue weighted by atomic mass is 16.7. The van der Waals surface area contributed by atoms with Crippen LogP contribution in [0.3, 0.4) is 0 Å². The molecule has 0 aliphatic carbocycles. The summed E-state index contributed by atoms with van der Waals surface area (Å²) in [6.45, 7) is 6.23. The Labute approximate surface area is 191 Å². The van der Waals surface area contributed by atoms with Crippen molar-refractivity contribution in [3.63, 3.8) is 0 Å². The van der Waals surface area contributed by atoms with Gasteiger partial charge in [0.1, 0.15) is 0 Å². The van der Waals surface area contributed by atoms with Crippen LogP contribution in [0.2, 0.25) is 0 Å². The van der Waals surface area contributed by atoms with Crippen LogP contribution in [-0.2, 0) is 11.3 Å². The molecule has 0 radical (unpaired) electrons. The van der Waals surface area contributed by atoms with Gasteiger partial charge in [0.15, 0.2) is 23.3 Å². The quantitative estimate of drug-likeness (QED) is 0.486. The lowest BCUT2D eigenvalue weighted by Crippen LogP contribution is -2.36. The molecule has 0 unspecified atom stereocenters. The predicted molar refractivity (Wildman–Crippen MR) is 123 cm³/mol. The van der Waals surface area contributed by atoms with E-state index in [4.69, 9.17) is 14.2 Å². The number of aromatic nitrogens is 3. The summed E-state index contributed by atoms with van der Waals surface area (Å²) in [5, 5.41) is 8.54. The lowest BCUT2D eigenvalue weighted by Gasteiger charge is -2.15. The monoisotopic (exact) mass is 444 g/mol. The lowest BCUT2D eigenvalue weighted by molar-refractivity contribution is -0.127. The summed E-state index contributed by atoms with van der Waals surface area (Å²) in [5.41, 5.74) is 4.40. The molecule has 1 aliphatic rings. The number of nitrogens with one attached hydrogen (secondary N) is 1. The second-order valence-electron chi connectivity index (χ2n) is 7.97. The second kappa shape index (κ2) is 8.46. The van der Waals surface area contributed by atoms with E-state index in [1.807, 2.05) is 68.4 Å². The van der Waals surface area contributed by atoms with Crippen LogP contribution in [0.5, 0.6) is 17.4 Å². The minimum Gasteiger partial charge on any atom is -0.464 e. The summed E-state index contributed by atoms with van der Waals surface area (Å²) in [6.07, 6.45) is -0.724. The predicted octanol–water partition coefficient (Wildman–Crippen LogP) is 3.85. The van der Waals surface area contributed by atoms with Crippen LogP contribution in [0.4, 0.5) is 0 Å². The molecule has 1 atom stereocenters. The molecule has 1 N–H and O–H groups in total. The Morgan fingerprint density at radius 3 is 2.73 bits per heavy atom. The van der Waals surface area contributed by atoms with E-state index < -0.39 is 6.10 Å². The molecule has 0 saturated carbocycles. The molecule has 33 heavy (non-hydrogen) atoms. The Bertz CT molecular complexity index is 1330. The number of hydrogen-bond acceptors (Lipinski definition) is 6. The largest absolute Gasteiger partial charge is 0.464 e. The Balaban J connectivity index is 1.32. The smallest absolute Gasteiger partial charge is 0.261 e. The standard InChI is InChI=1S/C25H24N4O4/c1-15-11-22(27-24-23(15)16(2)28-29(24)19-7-5-4-6-8-19)33-17(3)25(30)26-13-18-9-10-20-21(12-18)32-14-31-20/h4-12,17H,13-14H2,1-3H3,(H,26,30)/t17-/m0/s1. The number of fused-ring (bicyclic) bond motifs is 2. The summed E-state index contributed by atoms with van der Waals surface area (Å²) in [5.74, 6) is 1.54. The Kier molecular flexibility index (Phi) is 5.34. The molecule has 168 valence electrons. The van der Waals surface area contributed by atoms with Gasteiger partial charge in [0.2, 0.25) is 12.7 Å². The Morgan fingerprint density at radius 2 is 1.91 bits per heavy atom. The van der Waals surface area contributed by atoms with Crippen molar-refractivity contribution in [1.29, 1.82) is 0 Å². The zero-order valence-corrected chi connectivity index (χ0v) is 18.7. The number of aryl methyl sites for hydroxylation is 2. The lowest BCUT2D eigenvalue weighted by atomic mass is 10.1. The van der Waals surface area contributed by atoms with Crippen LogP contribution in [0.1, 0.15) is 23.7 Å². The number of carbonyl (C=O) groups excluding carboxylic acids is 1. The van der Waals surface area contributed by atoms with Crippen molar-refractivity contribution >= 4 is 16.9 Å². The van der Waals surface area contributed by atoms with Gasteiger partial charge in [0.25, 0.3) is 5.91 Å². The van der Waals surface area contributed by atoms with E-state index >= 15 is 0 Å². The van der Waals surface area contributed by atoms with Crippen LogP contribution in [0.25, 0.3) is 16.7 Å². The molecule has 1 aliphatic heterocycles. The molecule has 4 aromatic rings. The van der Waals surface area contributed by atoms with Gasteiger partial charge < -0.3 is 19.5 Å². The number of hydrogen-bond donors (Lipinski definition) is 1. The molecule has 3 heterocycles. The van der Waals surface area contributed by atoms with Gasteiger partial charge in [0.05, 0.1) is 11.4 Å². The average molecular weight is 444 g/mol. The van der Waals surface area contributed by atoms with E-state index in [0.717, 1.165) is 27.9 Å². The topological polar surface area (TPSA) is 87.5 Å². The number of benzene rings is 2. The number of ether oxygens (including phenoxy) is 3. The van der Waals surface area contributed by atoms with E-state index in [2.05, 4.69) is 15.4 Å². The molecule has 0 bridgehead atoms. The van der Waals surface area contributed by atoms with Crippen molar-refractivity contribution < 1.29 is 19.0 Å². The molecular weight excluding hydrogens is 420 g/mol. The number of pyridine rings is 1. The fourth-order valence-corrected chi connectivity index (χ4v) is 3.90. The maximum atomic E-state index is 12.7. The van der Waals surface area contributed by atoms with Crippen LogP contribution >= 0.6 is 0 Å². The third-order valence-electron chi connectivity index (χ3n) is 5.56. The highest BCUT2D eigenvalue weighted by Gasteiger charge is 2.19. The molecule has 8 nitrogen and oxygen atoms in total. The first-order valence-corrected chi connectivity index (χ1v) is 10.7. The molecule has 5 rings (SSSR count). The van der Waals surface area contributed by atoms with Crippen molar-refractivity contribution in [3.8, 4) is 23.1 Å². The van der Waals surface area contributed by atoms with Gasteiger partial charge in [-0.05, 0) is 56.2 Å². The zero-order chi connectivity index (χ0) is 22.9.